The lowest BCUT2D eigenvalue weighted by molar-refractivity contribution is -0.274. The Labute approximate surface area is 138 Å². The van der Waals surface area contributed by atoms with Crippen molar-refractivity contribution < 1.29 is 32.6 Å². The molecule has 0 unspecified atom stereocenters. The van der Waals surface area contributed by atoms with Gasteiger partial charge in [0.2, 0.25) is 0 Å². The SMILES string of the molecule is C[C@]1(c2ccc(OC(F)(F)F)cc2)CC(n2cnc(C(=O)O)n2)=NO1. The van der Waals surface area contributed by atoms with E-state index in [4.69, 9.17) is 9.94 Å². The van der Waals surface area contributed by atoms with Crippen LogP contribution in [0, 0.1) is 0 Å². The van der Waals surface area contributed by atoms with Gasteiger partial charge in [-0.1, -0.05) is 17.3 Å². The number of benzene rings is 1. The van der Waals surface area contributed by atoms with Crippen molar-refractivity contribution in [3.05, 3.63) is 42.0 Å². The molecule has 0 saturated carbocycles. The topological polar surface area (TPSA) is 98.8 Å². The molecular weight excluding hydrogens is 345 g/mol. The van der Waals surface area contributed by atoms with Crippen LogP contribution in [0.15, 0.2) is 35.7 Å². The molecule has 25 heavy (non-hydrogen) atoms. The highest BCUT2D eigenvalue weighted by atomic mass is 19.4. The highest BCUT2D eigenvalue weighted by molar-refractivity contribution is 5.87. The summed E-state index contributed by atoms with van der Waals surface area (Å²) in [6.45, 7) is 1.69. The fourth-order valence-electron chi connectivity index (χ4n) is 2.29. The number of aromatic nitrogens is 3. The largest absolute Gasteiger partial charge is 0.573 e. The van der Waals surface area contributed by atoms with E-state index in [9.17, 15) is 18.0 Å². The van der Waals surface area contributed by atoms with Crippen LogP contribution in [-0.4, -0.2) is 38.0 Å². The van der Waals surface area contributed by atoms with Crippen molar-refractivity contribution in [3.63, 3.8) is 0 Å². The van der Waals surface area contributed by atoms with E-state index >= 15 is 0 Å². The van der Waals surface area contributed by atoms with Gasteiger partial charge in [-0.05, 0) is 24.6 Å². The first-order chi connectivity index (χ1) is 11.7. The van der Waals surface area contributed by atoms with Crippen LogP contribution in [0.2, 0.25) is 0 Å². The second kappa shape index (κ2) is 5.76. The van der Waals surface area contributed by atoms with Gasteiger partial charge in [0.25, 0.3) is 5.82 Å². The van der Waals surface area contributed by atoms with Crippen molar-refractivity contribution >= 4 is 11.8 Å². The van der Waals surface area contributed by atoms with Crippen molar-refractivity contribution in [2.45, 2.75) is 25.3 Å². The number of oxime groups is 1. The molecule has 2 heterocycles. The van der Waals surface area contributed by atoms with Gasteiger partial charge in [0.05, 0.1) is 6.42 Å². The molecule has 0 bridgehead atoms. The Morgan fingerprint density at radius 1 is 1.36 bits per heavy atom. The molecule has 1 atom stereocenters. The summed E-state index contributed by atoms with van der Waals surface area (Å²) in [7, 11) is 0. The molecule has 0 aliphatic carbocycles. The van der Waals surface area contributed by atoms with Crippen molar-refractivity contribution in [1.29, 1.82) is 0 Å². The molecule has 132 valence electrons. The number of rotatable bonds is 3. The third kappa shape index (κ3) is 3.54. The highest BCUT2D eigenvalue weighted by Crippen LogP contribution is 2.35. The van der Waals surface area contributed by atoms with Crippen LogP contribution in [0.4, 0.5) is 13.2 Å². The number of hydrogen-bond donors (Lipinski definition) is 1. The molecule has 1 aliphatic rings. The molecular formula is C14H11F3N4O4. The van der Waals surface area contributed by atoms with Gasteiger partial charge in [-0.3, -0.25) is 0 Å². The zero-order valence-electron chi connectivity index (χ0n) is 12.7. The van der Waals surface area contributed by atoms with E-state index in [1.807, 2.05) is 0 Å². The van der Waals surface area contributed by atoms with Crippen molar-refractivity contribution in [3.8, 4) is 5.75 Å². The standard InChI is InChI=1S/C14H11F3N4O4/c1-13(8-2-4-9(5-3-8)24-14(15,16)17)6-10(20-25-13)21-7-18-11(19-21)12(22)23/h2-5,7H,6H2,1H3,(H,22,23)/t13-/m1/s1. The van der Waals surface area contributed by atoms with Crippen molar-refractivity contribution in [1.82, 2.24) is 14.8 Å². The van der Waals surface area contributed by atoms with Gasteiger partial charge in [-0.15, -0.1) is 18.3 Å². The van der Waals surface area contributed by atoms with Crippen LogP contribution < -0.4 is 4.74 Å². The number of aromatic carboxylic acids is 1. The third-order valence-corrected chi connectivity index (χ3v) is 3.49. The van der Waals surface area contributed by atoms with E-state index in [-0.39, 0.29) is 18.0 Å². The molecule has 0 radical (unpaired) electrons. The summed E-state index contributed by atoms with van der Waals surface area (Å²) in [6, 6.07) is 5.22. The van der Waals surface area contributed by atoms with Gasteiger partial charge in [0, 0.05) is 0 Å². The second-order valence-corrected chi connectivity index (χ2v) is 5.40. The minimum Gasteiger partial charge on any atom is -0.475 e. The van der Waals surface area contributed by atoms with Crippen LogP contribution in [-0.2, 0) is 10.4 Å². The highest BCUT2D eigenvalue weighted by Gasteiger charge is 2.38. The summed E-state index contributed by atoms with van der Waals surface area (Å²) in [5.41, 5.74) is -0.374. The third-order valence-electron chi connectivity index (χ3n) is 3.49. The van der Waals surface area contributed by atoms with Gasteiger partial charge in [-0.2, -0.15) is 0 Å². The molecule has 3 rings (SSSR count). The number of halogens is 3. The van der Waals surface area contributed by atoms with Gasteiger partial charge in [0.15, 0.2) is 11.4 Å². The second-order valence-electron chi connectivity index (χ2n) is 5.40. The molecule has 1 aromatic carbocycles. The first kappa shape index (κ1) is 16.7. The van der Waals surface area contributed by atoms with Crippen LogP contribution in [0.5, 0.6) is 5.75 Å². The van der Waals surface area contributed by atoms with Crippen LogP contribution in [0.3, 0.4) is 0 Å². The zero-order valence-corrected chi connectivity index (χ0v) is 12.7. The summed E-state index contributed by atoms with van der Waals surface area (Å²) in [5, 5.41) is 16.4. The Morgan fingerprint density at radius 2 is 2.04 bits per heavy atom. The molecule has 1 aliphatic heterocycles. The fraction of sp³-hybridized carbons (Fsp3) is 0.286. The first-order valence-corrected chi connectivity index (χ1v) is 6.93. The molecule has 0 saturated heterocycles. The lowest BCUT2D eigenvalue weighted by atomic mass is 9.92. The van der Waals surface area contributed by atoms with E-state index in [0.29, 0.717) is 11.4 Å². The fourth-order valence-corrected chi connectivity index (χ4v) is 2.29. The molecule has 0 amide bonds. The molecule has 2 aromatic rings. The number of alkyl halides is 3. The summed E-state index contributed by atoms with van der Waals surface area (Å²) >= 11 is 0. The predicted octanol–water partition coefficient (Wildman–Crippen LogP) is 2.37. The first-order valence-electron chi connectivity index (χ1n) is 6.93. The smallest absolute Gasteiger partial charge is 0.475 e. The molecule has 0 fully saturated rings. The average molecular weight is 356 g/mol. The Bertz CT molecular complexity index is 831. The summed E-state index contributed by atoms with van der Waals surface area (Å²) < 4.78 is 41.6. The lowest BCUT2D eigenvalue weighted by Gasteiger charge is -2.22. The van der Waals surface area contributed by atoms with Crippen LogP contribution >= 0.6 is 0 Å². The Morgan fingerprint density at radius 3 is 2.60 bits per heavy atom. The number of carboxylic acids is 1. The van der Waals surface area contributed by atoms with E-state index in [2.05, 4.69) is 20.0 Å². The number of hydrogen-bond acceptors (Lipinski definition) is 6. The Balaban J connectivity index is 1.74. The van der Waals surface area contributed by atoms with Gasteiger partial charge < -0.3 is 14.7 Å². The van der Waals surface area contributed by atoms with Gasteiger partial charge in [-0.25, -0.2) is 14.5 Å². The van der Waals surface area contributed by atoms with Gasteiger partial charge >= 0.3 is 12.3 Å². The molecule has 0 spiro atoms. The molecule has 8 nitrogen and oxygen atoms in total. The number of carbonyl (C=O) groups is 1. The van der Waals surface area contributed by atoms with Crippen LogP contribution in [0.25, 0.3) is 0 Å². The number of ether oxygens (including phenoxy) is 1. The minimum atomic E-state index is -4.76. The molecule has 1 N–H and O–H groups in total. The summed E-state index contributed by atoms with van der Waals surface area (Å²) in [5.74, 6) is -1.69. The lowest BCUT2D eigenvalue weighted by Crippen LogP contribution is -2.24. The van der Waals surface area contributed by atoms with E-state index in [0.717, 1.165) is 0 Å². The Hall–Kier alpha value is -3.11. The summed E-state index contributed by atoms with van der Waals surface area (Å²) in [4.78, 5) is 19.8. The van der Waals surface area contributed by atoms with E-state index in [1.165, 1.54) is 35.3 Å². The maximum atomic E-state index is 12.2. The van der Waals surface area contributed by atoms with Crippen LogP contribution in [0.1, 0.15) is 29.5 Å². The normalized spacial score (nSPS) is 20.1. The predicted molar refractivity (Wildman–Crippen MR) is 76.0 cm³/mol. The van der Waals surface area contributed by atoms with Crippen molar-refractivity contribution in [2.75, 3.05) is 0 Å². The zero-order chi connectivity index (χ0) is 18.2. The van der Waals surface area contributed by atoms with Gasteiger partial charge in [0.1, 0.15) is 12.1 Å². The molecule has 1 aromatic heterocycles. The van der Waals surface area contributed by atoms with E-state index in [1.54, 1.807) is 6.92 Å². The number of carboxylic acid groups (broad SMARTS) is 1. The average Bonchev–Trinajstić information content (AvgIpc) is 3.14. The van der Waals surface area contributed by atoms with Crippen molar-refractivity contribution in [2.24, 2.45) is 5.16 Å². The molecule has 11 heteroatoms. The monoisotopic (exact) mass is 356 g/mol. The minimum absolute atomic E-state index is 0.217. The number of nitrogens with zero attached hydrogens (tertiary/aromatic N) is 4. The quantitative estimate of drug-likeness (QED) is 0.907. The van der Waals surface area contributed by atoms with E-state index < -0.39 is 17.9 Å². The maximum Gasteiger partial charge on any atom is 0.573 e. The maximum absolute atomic E-state index is 12.2. The Kier molecular flexibility index (Phi) is 3.85. The summed E-state index contributed by atoms with van der Waals surface area (Å²) in [6.07, 6.45) is -3.35.